The van der Waals surface area contributed by atoms with E-state index < -0.39 is 0 Å². The van der Waals surface area contributed by atoms with Gasteiger partial charge in [0.1, 0.15) is 5.76 Å². The molecular weight excluding hydrogens is 340 g/mol. The van der Waals surface area contributed by atoms with Crippen molar-refractivity contribution in [3.63, 3.8) is 0 Å². The Morgan fingerprint density at radius 3 is 2.67 bits per heavy atom. The third kappa shape index (κ3) is 3.80. The molecule has 27 heavy (non-hydrogen) atoms. The number of anilines is 2. The van der Waals surface area contributed by atoms with Crippen LogP contribution in [-0.2, 0) is 6.54 Å². The minimum absolute atomic E-state index is 0.194. The van der Waals surface area contributed by atoms with Gasteiger partial charge in [-0.1, -0.05) is 13.8 Å². The smallest absolute Gasteiger partial charge is 0.259 e. The number of rotatable bonds is 6. The third-order valence-electron chi connectivity index (χ3n) is 5.03. The van der Waals surface area contributed by atoms with Gasteiger partial charge in [-0.15, -0.1) is 0 Å². The number of aromatic nitrogens is 1. The second-order valence-corrected chi connectivity index (χ2v) is 6.64. The average molecular weight is 366 g/mol. The van der Waals surface area contributed by atoms with Crippen molar-refractivity contribution >= 4 is 28.2 Å². The van der Waals surface area contributed by atoms with Crippen molar-refractivity contribution in [2.24, 2.45) is 0 Å². The quantitative estimate of drug-likeness (QED) is 0.685. The number of aryl methyl sites for hydroxylation is 1. The molecule has 6 nitrogen and oxygen atoms in total. The number of nitrogens with two attached hydrogens (primary N) is 1. The minimum Gasteiger partial charge on any atom is -0.467 e. The maximum Gasteiger partial charge on any atom is 0.259 e. The van der Waals surface area contributed by atoms with Crippen LogP contribution in [0.3, 0.4) is 0 Å². The molecule has 0 aliphatic heterocycles. The Bertz CT molecular complexity index is 974. The summed E-state index contributed by atoms with van der Waals surface area (Å²) in [4.78, 5) is 19.5. The summed E-state index contributed by atoms with van der Waals surface area (Å²) in [6, 6.07) is 7.29. The second-order valence-electron chi connectivity index (χ2n) is 6.64. The van der Waals surface area contributed by atoms with Crippen LogP contribution in [0.1, 0.15) is 41.2 Å². The number of pyridine rings is 1. The highest BCUT2D eigenvalue weighted by molar-refractivity contribution is 6.06. The van der Waals surface area contributed by atoms with Crippen LogP contribution in [0.5, 0.6) is 0 Å². The van der Waals surface area contributed by atoms with E-state index >= 15 is 0 Å². The maximum atomic E-state index is 12.8. The van der Waals surface area contributed by atoms with E-state index in [0.29, 0.717) is 29.2 Å². The monoisotopic (exact) mass is 366 g/mol. The van der Waals surface area contributed by atoms with E-state index in [1.54, 1.807) is 12.3 Å². The Morgan fingerprint density at radius 1 is 1.22 bits per heavy atom. The van der Waals surface area contributed by atoms with E-state index in [2.05, 4.69) is 29.0 Å². The number of furan rings is 1. The van der Waals surface area contributed by atoms with Gasteiger partial charge in [0, 0.05) is 22.5 Å². The molecule has 142 valence electrons. The zero-order chi connectivity index (χ0) is 19.6. The first-order valence-corrected chi connectivity index (χ1v) is 9.21. The maximum absolute atomic E-state index is 12.8. The molecule has 0 radical (unpaired) electrons. The Morgan fingerprint density at radius 2 is 1.96 bits per heavy atom. The average Bonchev–Trinajstić information content (AvgIpc) is 3.13. The Labute approximate surface area is 159 Å². The number of hydrogen-bond acceptors (Lipinski definition) is 5. The normalized spacial score (nSPS) is 11.3. The van der Waals surface area contributed by atoms with Crippen molar-refractivity contribution in [3.8, 4) is 0 Å². The van der Waals surface area contributed by atoms with Gasteiger partial charge in [0.25, 0.3) is 5.91 Å². The van der Waals surface area contributed by atoms with Crippen molar-refractivity contribution in [3.05, 3.63) is 53.1 Å². The van der Waals surface area contributed by atoms with Crippen LogP contribution >= 0.6 is 0 Å². The first-order chi connectivity index (χ1) is 12.9. The molecule has 6 heteroatoms. The van der Waals surface area contributed by atoms with Gasteiger partial charge in [0.05, 0.1) is 23.9 Å². The second kappa shape index (κ2) is 7.80. The summed E-state index contributed by atoms with van der Waals surface area (Å²) >= 11 is 0. The Kier molecular flexibility index (Phi) is 5.46. The lowest BCUT2D eigenvalue weighted by Gasteiger charge is -2.17. The molecule has 0 aliphatic rings. The summed E-state index contributed by atoms with van der Waals surface area (Å²) in [5.41, 5.74) is 10.9. The van der Waals surface area contributed by atoms with E-state index in [-0.39, 0.29) is 5.91 Å². The van der Waals surface area contributed by atoms with Gasteiger partial charge in [0.15, 0.2) is 0 Å². The standard InChI is InChI=1S/C21H26N4O2/c1-5-25(6-2)12-19-16(9-10-27-19)21(26)24-15-7-8-18-17(11-15)20(22)13(3)14(4)23-18/h7-11H,5-6,12H2,1-4H3,(H2,22,23)(H,24,26). The molecule has 3 N–H and O–H groups in total. The molecule has 0 atom stereocenters. The molecule has 0 fully saturated rings. The van der Waals surface area contributed by atoms with Crippen molar-refractivity contribution < 1.29 is 9.21 Å². The molecule has 3 aromatic rings. The highest BCUT2D eigenvalue weighted by Crippen LogP contribution is 2.28. The number of nitrogens with one attached hydrogen (secondary N) is 1. The predicted molar refractivity (Wildman–Crippen MR) is 109 cm³/mol. The molecular formula is C21H26N4O2. The zero-order valence-corrected chi connectivity index (χ0v) is 16.3. The molecule has 0 unspecified atom stereocenters. The summed E-state index contributed by atoms with van der Waals surface area (Å²) in [6.45, 7) is 10.5. The fourth-order valence-corrected chi connectivity index (χ4v) is 3.10. The summed E-state index contributed by atoms with van der Waals surface area (Å²) in [7, 11) is 0. The highest BCUT2D eigenvalue weighted by Gasteiger charge is 2.17. The first kappa shape index (κ1) is 18.9. The van der Waals surface area contributed by atoms with Gasteiger partial charge in [-0.05, 0) is 56.8 Å². The fourth-order valence-electron chi connectivity index (χ4n) is 3.10. The molecule has 0 saturated carbocycles. The number of amides is 1. The topological polar surface area (TPSA) is 84.4 Å². The number of hydrogen-bond donors (Lipinski definition) is 2. The van der Waals surface area contributed by atoms with Gasteiger partial charge in [-0.2, -0.15) is 0 Å². The first-order valence-electron chi connectivity index (χ1n) is 9.21. The fraction of sp³-hybridized carbons (Fsp3) is 0.333. The number of nitrogen functional groups attached to an aromatic ring is 1. The summed E-state index contributed by atoms with van der Waals surface area (Å²) in [5, 5.41) is 3.79. The Balaban J connectivity index is 1.86. The third-order valence-corrected chi connectivity index (χ3v) is 5.03. The SMILES string of the molecule is CCN(CC)Cc1occc1C(=O)Nc1ccc2nc(C)c(C)c(N)c2c1. The van der Waals surface area contributed by atoms with Gasteiger partial charge >= 0.3 is 0 Å². The molecule has 0 saturated heterocycles. The van der Waals surface area contributed by atoms with E-state index in [0.717, 1.165) is 35.2 Å². The molecule has 1 aromatic carbocycles. The number of carbonyl (C=O) groups excluding carboxylic acids is 1. The van der Waals surface area contributed by atoms with Crippen LogP contribution in [0.15, 0.2) is 34.9 Å². The largest absolute Gasteiger partial charge is 0.467 e. The van der Waals surface area contributed by atoms with E-state index in [4.69, 9.17) is 10.2 Å². The molecule has 0 aliphatic carbocycles. The zero-order valence-electron chi connectivity index (χ0n) is 16.3. The molecule has 2 heterocycles. The van der Waals surface area contributed by atoms with Crippen molar-refractivity contribution in [1.82, 2.24) is 9.88 Å². The summed E-state index contributed by atoms with van der Waals surface area (Å²) < 4.78 is 5.54. The highest BCUT2D eigenvalue weighted by atomic mass is 16.3. The van der Waals surface area contributed by atoms with Gasteiger partial charge in [-0.3, -0.25) is 14.7 Å². The van der Waals surface area contributed by atoms with Crippen LogP contribution in [-0.4, -0.2) is 28.9 Å². The molecule has 0 spiro atoms. The van der Waals surface area contributed by atoms with Gasteiger partial charge in [0.2, 0.25) is 0 Å². The molecule has 1 amide bonds. The molecule has 0 bridgehead atoms. The van der Waals surface area contributed by atoms with Crippen molar-refractivity contribution in [1.29, 1.82) is 0 Å². The number of carbonyl (C=O) groups is 1. The van der Waals surface area contributed by atoms with Crippen molar-refractivity contribution in [2.45, 2.75) is 34.2 Å². The van der Waals surface area contributed by atoms with Crippen LogP contribution in [0.4, 0.5) is 11.4 Å². The Hall–Kier alpha value is -2.86. The van der Waals surface area contributed by atoms with Gasteiger partial charge < -0.3 is 15.5 Å². The van der Waals surface area contributed by atoms with Crippen LogP contribution in [0.2, 0.25) is 0 Å². The number of nitrogens with zero attached hydrogens (tertiary/aromatic N) is 2. The molecule has 2 aromatic heterocycles. The minimum atomic E-state index is -0.194. The van der Waals surface area contributed by atoms with Gasteiger partial charge in [-0.25, -0.2) is 0 Å². The van der Waals surface area contributed by atoms with Crippen LogP contribution < -0.4 is 11.1 Å². The van der Waals surface area contributed by atoms with E-state index in [9.17, 15) is 4.79 Å². The van der Waals surface area contributed by atoms with E-state index in [1.165, 1.54) is 0 Å². The summed E-state index contributed by atoms with van der Waals surface area (Å²) in [5.74, 6) is 0.477. The lowest BCUT2D eigenvalue weighted by molar-refractivity contribution is 0.102. The van der Waals surface area contributed by atoms with Crippen LogP contribution in [0, 0.1) is 13.8 Å². The number of benzene rings is 1. The molecule has 3 rings (SSSR count). The predicted octanol–water partition coefficient (Wildman–Crippen LogP) is 4.12. The van der Waals surface area contributed by atoms with E-state index in [1.807, 2.05) is 32.0 Å². The lowest BCUT2D eigenvalue weighted by atomic mass is 10.1. The number of fused-ring (bicyclic) bond motifs is 1. The van der Waals surface area contributed by atoms with Crippen molar-refractivity contribution in [2.75, 3.05) is 24.1 Å². The van der Waals surface area contributed by atoms with Crippen LogP contribution in [0.25, 0.3) is 10.9 Å². The summed E-state index contributed by atoms with van der Waals surface area (Å²) in [6.07, 6.45) is 1.56. The lowest BCUT2D eigenvalue weighted by Crippen LogP contribution is -2.23.